The van der Waals surface area contributed by atoms with Gasteiger partial charge in [0.25, 0.3) is 5.91 Å². The van der Waals surface area contributed by atoms with Crippen LogP contribution in [0.15, 0.2) is 12.3 Å². The van der Waals surface area contributed by atoms with Crippen molar-refractivity contribution in [3.05, 3.63) is 17.8 Å². The third-order valence-electron chi connectivity index (χ3n) is 8.07. The number of rotatable bonds is 8. The first-order valence-corrected chi connectivity index (χ1v) is 13.2. The molecule has 2 unspecified atom stereocenters. The molecule has 39 heavy (non-hydrogen) atoms. The molecule has 2 atom stereocenters. The predicted octanol–water partition coefficient (Wildman–Crippen LogP) is 2.55. The van der Waals surface area contributed by atoms with E-state index in [0.29, 0.717) is 18.8 Å². The van der Waals surface area contributed by atoms with E-state index in [4.69, 9.17) is 16.2 Å². The number of alkyl carbamates (subject to hydrolysis) is 1. The number of ether oxygens (including phenoxy) is 2. The maximum Gasteiger partial charge on any atom is 0.407 e. The Morgan fingerprint density at radius 3 is 2.36 bits per heavy atom. The van der Waals surface area contributed by atoms with Gasteiger partial charge in [-0.2, -0.15) is 5.10 Å². The minimum absolute atomic E-state index is 0.102. The number of nitrogens with one attached hydrogen (secondary N) is 2. The Morgan fingerprint density at radius 2 is 1.82 bits per heavy atom. The number of aromatic nitrogens is 2. The summed E-state index contributed by atoms with van der Waals surface area (Å²) in [6.07, 6.45) is 7.29. The molecular formula is C26H39N7O6. The third-order valence-corrected chi connectivity index (χ3v) is 8.07. The molecule has 0 radical (unpaired) electrons. The van der Waals surface area contributed by atoms with Gasteiger partial charge in [0.05, 0.1) is 18.8 Å². The lowest BCUT2D eigenvalue weighted by Crippen LogP contribution is -2.63. The van der Waals surface area contributed by atoms with E-state index in [1.165, 1.54) is 22.9 Å². The number of nitrogens with two attached hydrogens (primary N) is 2. The molecule has 0 aliphatic heterocycles. The lowest BCUT2D eigenvalue weighted by atomic mass is 9.52. The summed E-state index contributed by atoms with van der Waals surface area (Å²) in [5.41, 5.74) is 9.93. The number of primary amides is 2. The molecular weight excluding hydrogens is 506 g/mol. The van der Waals surface area contributed by atoms with Crippen LogP contribution in [0.25, 0.3) is 6.20 Å². The van der Waals surface area contributed by atoms with Crippen molar-refractivity contribution in [1.82, 2.24) is 20.4 Å². The van der Waals surface area contributed by atoms with Crippen LogP contribution >= 0.6 is 0 Å². The highest BCUT2D eigenvalue weighted by atomic mass is 16.6. The summed E-state index contributed by atoms with van der Waals surface area (Å²) in [6, 6.07) is -1.21. The van der Waals surface area contributed by atoms with Gasteiger partial charge in [0.15, 0.2) is 5.82 Å². The van der Waals surface area contributed by atoms with Crippen molar-refractivity contribution in [3.8, 4) is 0 Å². The zero-order valence-electron chi connectivity index (χ0n) is 23.1. The number of carbonyl (C=O) groups excluding carboxylic acids is 4. The van der Waals surface area contributed by atoms with Crippen molar-refractivity contribution >= 4 is 36.1 Å². The first-order chi connectivity index (χ1) is 18.2. The molecule has 0 saturated heterocycles. The average Bonchev–Trinajstić information content (AvgIpc) is 3.21. The first kappa shape index (κ1) is 28.2. The van der Waals surface area contributed by atoms with Crippen LogP contribution in [-0.4, -0.2) is 64.2 Å². The van der Waals surface area contributed by atoms with Gasteiger partial charge in [-0.3, -0.25) is 9.69 Å². The molecule has 1 aromatic rings. The van der Waals surface area contributed by atoms with E-state index >= 15 is 0 Å². The summed E-state index contributed by atoms with van der Waals surface area (Å²) in [6.45, 7) is 7.08. The summed E-state index contributed by atoms with van der Waals surface area (Å²) >= 11 is 0. The standard InChI is InChI=1S/C26H39N7O6/c1-14(2)33(22(27)35)21-18(13-29-32(21)7-6-25(3,4)31-24(37)38-5)20(34)30-19-16-8-15-9-17(19)12-26(10-15,11-16)39-23(28)36/h6-7,13-17,19H,8-12H2,1-5H3,(H2,27,35)(H2,28,36)(H,30,34)(H,31,37). The number of amides is 5. The SMILES string of the molecule is COC(=O)NC(C)(C)C=Cn1ncc(C(=O)NC2C3CC4CC2CC(OC(N)=O)(C4)C3)c1N(C(N)=O)C(C)C. The minimum atomic E-state index is -0.822. The Labute approximate surface area is 227 Å². The summed E-state index contributed by atoms with van der Waals surface area (Å²) in [7, 11) is 1.27. The van der Waals surface area contributed by atoms with Crippen LogP contribution in [0.2, 0.25) is 0 Å². The lowest BCUT2D eigenvalue weighted by Gasteiger charge is -2.58. The van der Waals surface area contributed by atoms with Gasteiger partial charge in [-0.25, -0.2) is 19.1 Å². The Bertz CT molecular complexity index is 1160. The summed E-state index contributed by atoms with van der Waals surface area (Å²) in [4.78, 5) is 50.8. The lowest BCUT2D eigenvalue weighted by molar-refractivity contribution is -0.137. The van der Waals surface area contributed by atoms with Gasteiger partial charge >= 0.3 is 18.2 Å². The fraction of sp³-hybridized carbons (Fsp3) is 0.654. The molecule has 4 fully saturated rings. The van der Waals surface area contributed by atoms with Crippen molar-refractivity contribution < 1.29 is 28.7 Å². The van der Waals surface area contributed by atoms with Gasteiger partial charge in [-0.1, -0.05) is 0 Å². The van der Waals surface area contributed by atoms with Crippen LogP contribution < -0.4 is 27.0 Å². The van der Waals surface area contributed by atoms with Crippen LogP contribution in [0.4, 0.5) is 20.2 Å². The van der Waals surface area contributed by atoms with Crippen LogP contribution in [0.3, 0.4) is 0 Å². The maximum absolute atomic E-state index is 13.7. The molecule has 1 aromatic heterocycles. The summed E-state index contributed by atoms with van der Waals surface area (Å²) in [5.74, 6) is 0.593. The number of anilines is 1. The first-order valence-electron chi connectivity index (χ1n) is 13.2. The molecule has 13 heteroatoms. The largest absolute Gasteiger partial charge is 0.453 e. The van der Waals surface area contributed by atoms with Crippen LogP contribution in [0.1, 0.15) is 70.2 Å². The summed E-state index contributed by atoms with van der Waals surface area (Å²) < 4.78 is 11.7. The highest BCUT2D eigenvalue weighted by molar-refractivity contribution is 6.03. The van der Waals surface area contributed by atoms with E-state index in [0.717, 1.165) is 19.3 Å². The van der Waals surface area contributed by atoms with Crippen LogP contribution in [0, 0.1) is 17.8 Å². The average molecular weight is 546 g/mol. The topological polar surface area (TPSA) is 184 Å². The number of nitrogens with zero attached hydrogens (tertiary/aromatic N) is 3. The smallest absolute Gasteiger partial charge is 0.407 e. The Kier molecular flexibility index (Phi) is 7.55. The van der Waals surface area contributed by atoms with Crippen molar-refractivity contribution in [2.24, 2.45) is 29.2 Å². The number of hydrogen-bond donors (Lipinski definition) is 4. The zero-order chi connectivity index (χ0) is 28.7. The minimum Gasteiger partial charge on any atom is -0.453 e. The van der Waals surface area contributed by atoms with Crippen molar-refractivity contribution in [1.29, 1.82) is 0 Å². The van der Waals surface area contributed by atoms with Gasteiger partial charge in [0.2, 0.25) is 0 Å². The number of carbonyl (C=O) groups is 4. The highest BCUT2D eigenvalue weighted by Gasteiger charge is 2.57. The molecule has 5 rings (SSSR count). The fourth-order valence-corrected chi connectivity index (χ4v) is 6.83. The second-order valence-corrected chi connectivity index (χ2v) is 11.9. The van der Waals surface area contributed by atoms with E-state index in [9.17, 15) is 19.2 Å². The van der Waals surface area contributed by atoms with E-state index in [-0.39, 0.29) is 41.2 Å². The van der Waals surface area contributed by atoms with Gasteiger partial charge in [0.1, 0.15) is 11.2 Å². The van der Waals surface area contributed by atoms with Crippen molar-refractivity contribution in [3.63, 3.8) is 0 Å². The van der Waals surface area contributed by atoms with Crippen LogP contribution in [0.5, 0.6) is 0 Å². The maximum atomic E-state index is 13.7. The van der Waals surface area contributed by atoms with E-state index in [1.807, 2.05) is 0 Å². The van der Waals surface area contributed by atoms with E-state index in [1.54, 1.807) is 40.0 Å². The quantitative estimate of drug-likeness (QED) is 0.387. The molecule has 4 bridgehead atoms. The van der Waals surface area contributed by atoms with Gasteiger partial charge < -0.3 is 31.6 Å². The Hall–Kier alpha value is -3.77. The number of hydrogen-bond acceptors (Lipinski definition) is 7. The third kappa shape index (κ3) is 5.81. The Morgan fingerprint density at radius 1 is 1.18 bits per heavy atom. The van der Waals surface area contributed by atoms with Crippen molar-refractivity contribution in [2.45, 2.75) is 83.0 Å². The molecule has 1 heterocycles. The van der Waals surface area contributed by atoms with Crippen LogP contribution in [-0.2, 0) is 9.47 Å². The monoisotopic (exact) mass is 545 g/mol. The predicted molar refractivity (Wildman–Crippen MR) is 143 cm³/mol. The van der Waals surface area contributed by atoms with Crippen molar-refractivity contribution in [2.75, 3.05) is 12.0 Å². The second kappa shape index (κ2) is 10.4. The highest BCUT2D eigenvalue weighted by Crippen LogP contribution is 2.57. The molecule has 214 valence electrons. The molecule has 4 aliphatic carbocycles. The molecule has 0 spiro atoms. The second-order valence-electron chi connectivity index (χ2n) is 11.9. The number of urea groups is 1. The molecule has 4 aliphatic rings. The van der Waals surface area contributed by atoms with Gasteiger partial charge in [-0.05, 0) is 83.6 Å². The fourth-order valence-electron chi connectivity index (χ4n) is 6.83. The molecule has 0 aromatic carbocycles. The van der Waals surface area contributed by atoms with Gasteiger partial charge in [0, 0.05) is 18.3 Å². The molecule has 4 saturated carbocycles. The zero-order valence-corrected chi connectivity index (χ0v) is 23.1. The normalized spacial score (nSPS) is 27.4. The Balaban J connectivity index is 1.61. The summed E-state index contributed by atoms with van der Waals surface area (Å²) in [5, 5.41) is 10.2. The molecule has 13 nitrogen and oxygen atoms in total. The number of methoxy groups -OCH3 is 1. The van der Waals surface area contributed by atoms with E-state index in [2.05, 4.69) is 20.5 Å². The van der Waals surface area contributed by atoms with Gasteiger partial charge in [-0.15, -0.1) is 0 Å². The molecule has 5 amide bonds. The molecule has 6 N–H and O–H groups in total. The van der Waals surface area contributed by atoms with E-state index < -0.39 is 29.4 Å².